The lowest BCUT2D eigenvalue weighted by Gasteiger charge is -2.20. The summed E-state index contributed by atoms with van der Waals surface area (Å²) < 4.78 is 1.80. The van der Waals surface area contributed by atoms with Gasteiger partial charge in [-0.05, 0) is 58.1 Å². The van der Waals surface area contributed by atoms with Crippen LogP contribution in [0.4, 0.5) is 0 Å². The molecule has 5 nitrogen and oxygen atoms in total. The number of hydrogen-bond donors (Lipinski definition) is 1. The molecule has 0 amide bonds. The van der Waals surface area contributed by atoms with Gasteiger partial charge >= 0.3 is 5.97 Å². The molecule has 2 rings (SSSR count). The van der Waals surface area contributed by atoms with E-state index in [0.29, 0.717) is 0 Å². The topological polar surface area (TPSA) is 58.4 Å². The molecular formula is C15H21N3O2. The van der Waals surface area contributed by atoms with Gasteiger partial charge in [-0.3, -0.25) is 9.69 Å². The zero-order valence-electron chi connectivity index (χ0n) is 12.6. The van der Waals surface area contributed by atoms with Crippen molar-refractivity contribution in [3.63, 3.8) is 0 Å². The molecule has 0 saturated heterocycles. The van der Waals surface area contributed by atoms with E-state index in [4.69, 9.17) is 5.11 Å². The number of aromatic nitrogens is 2. The molecule has 2 aromatic rings. The normalized spacial score (nSPS) is 13.1. The SMILES string of the molecule is Cc1cc2nc(C(C)N(C)C)n(CC(=O)O)c2cc1C. The average Bonchev–Trinajstić information content (AvgIpc) is 2.67. The highest BCUT2D eigenvalue weighted by molar-refractivity contribution is 5.80. The van der Waals surface area contributed by atoms with Gasteiger partial charge in [0.1, 0.15) is 12.4 Å². The molecule has 1 N–H and O–H groups in total. The van der Waals surface area contributed by atoms with Crippen LogP contribution in [0.1, 0.15) is 29.9 Å². The van der Waals surface area contributed by atoms with Crippen LogP contribution in [0.3, 0.4) is 0 Å². The van der Waals surface area contributed by atoms with Gasteiger partial charge in [-0.1, -0.05) is 0 Å². The number of benzene rings is 1. The van der Waals surface area contributed by atoms with Gasteiger partial charge in [-0.25, -0.2) is 4.98 Å². The van der Waals surface area contributed by atoms with E-state index in [0.717, 1.165) is 22.4 Å². The molecule has 0 aliphatic heterocycles. The first-order chi connectivity index (χ1) is 9.31. The lowest BCUT2D eigenvalue weighted by atomic mass is 10.1. The number of rotatable bonds is 4. The Morgan fingerprint density at radius 2 is 1.95 bits per heavy atom. The molecule has 0 spiro atoms. The second kappa shape index (κ2) is 5.25. The highest BCUT2D eigenvalue weighted by Gasteiger charge is 2.20. The predicted molar refractivity (Wildman–Crippen MR) is 78.9 cm³/mol. The Labute approximate surface area is 118 Å². The molecule has 0 aliphatic carbocycles. The summed E-state index contributed by atoms with van der Waals surface area (Å²) in [5.74, 6) is -0.0628. The monoisotopic (exact) mass is 275 g/mol. The fourth-order valence-corrected chi connectivity index (χ4v) is 2.25. The number of aliphatic carboxylic acids is 1. The summed E-state index contributed by atoms with van der Waals surface area (Å²) in [6.07, 6.45) is 0. The van der Waals surface area contributed by atoms with E-state index in [1.807, 2.05) is 51.9 Å². The Balaban J connectivity index is 2.69. The Morgan fingerprint density at radius 3 is 2.50 bits per heavy atom. The molecule has 1 atom stereocenters. The molecule has 1 aromatic heterocycles. The van der Waals surface area contributed by atoms with E-state index in [2.05, 4.69) is 4.98 Å². The Kier molecular flexibility index (Phi) is 3.81. The van der Waals surface area contributed by atoms with Crippen LogP contribution < -0.4 is 0 Å². The zero-order valence-corrected chi connectivity index (χ0v) is 12.6. The van der Waals surface area contributed by atoms with E-state index >= 15 is 0 Å². The van der Waals surface area contributed by atoms with E-state index < -0.39 is 5.97 Å². The van der Waals surface area contributed by atoms with Gasteiger partial charge in [0, 0.05) is 0 Å². The molecule has 1 heterocycles. The van der Waals surface area contributed by atoms with Crippen molar-refractivity contribution in [3.05, 3.63) is 29.1 Å². The maximum absolute atomic E-state index is 11.1. The van der Waals surface area contributed by atoms with Crippen LogP contribution >= 0.6 is 0 Å². The minimum Gasteiger partial charge on any atom is -0.480 e. The number of nitrogens with zero attached hydrogens (tertiary/aromatic N) is 3. The Bertz CT molecular complexity index is 659. The Morgan fingerprint density at radius 1 is 1.35 bits per heavy atom. The van der Waals surface area contributed by atoms with Gasteiger partial charge < -0.3 is 9.67 Å². The van der Waals surface area contributed by atoms with Crippen molar-refractivity contribution >= 4 is 17.0 Å². The van der Waals surface area contributed by atoms with Crippen molar-refractivity contribution < 1.29 is 9.90 Å². The molecule has 0 bridgehead atoms. The largest absolute Gasteiger partial charge is 0.480 e. The van der Waals surface area contributed by atoms with Crippen molar-refractivity contribution in [2.45, 2.75) is 33.4 Å². The van der Waals surface area contributed by atoms with Gasteiger partial charge in [0.15, 0.2) is 0 Å². The van der Waals surface area contributed by atoms with Crippen LogP contribution in [0.15, 0.2) is 12.1 Å². The van der Waals surface area contributed by atoms with Gasteiger partial charge in [-0.2, -0.15) is 0 Å². The van der Waals surface area contributed by atoms with E-state index in [1.165, 1.54) is 5.56 Å². The molecule has 0 aliphatic rings. The first-order valence-electron chi connectivity index (χ1n) is 6.67. The van der Waals surface area contributed by atoms with Crippen LogP contribution in [0.2, 0.25) is 0 Å². The third kappa shape index (κ3) is 2.54. The summed E-state index contributed by atoms with van der Waals surface area (Å²) in [6, 6.07) is 4.10. The van der Waals surface area contributed by atoms with Crippen molar-refractivity contribution in [2.75, 3.05) is 14.1 Å². The van der Waals surface area contributed by atoms with Gasteiger partial charge in [0.05, 0.1) is 17.1 Å². The second-order valence-electron chi connectivity index (χ2n) is 5.51. The van der Waals surface area contributed by atoms with Crippen molar-refractivity contribution in [1.82, 2.24) is 14.5 Å². The van der Waals surface area contributed by atoms with Crippen LogP contribution in [-0.2, 0) is 11.3 Å². The molecule has 0 fully saturated rings. The summed E-state index contributed by atoms with van der Waals surface area (Å²) in [5, 5.41) is 9.15. The molecular weight excluding hydrogens is 254 g/mol. The first kappa shape index (κ1) is 14.5. The van der Waals surface area contributed by atoms with Gasteiger partial charge in [-0.15, -0.1) is 0 Å². The third-order valence-electron chi connectivity index (χ3n) is 3.83. The maximum atomic E-state index is 11.1. The first-order valence-corrected chi connectivity index (χ1v) is 6.67. The molecule has 1 aromatic carbocycles. The number of fused-ring (bicyclic) bond motifs is 1. The van der Waals surface area contributed by atoms with Crippen molar-refractivity contribution in [3.8, 4) is 0 Å². The molecule has 1 unspecified atom stereocenters. The minimum atomic E-state index is -0.852. The fourth-order valence-electron chi connectivity index (χ4n) is 2.25. The Hall–Kier alpha value is -1.88. The quantitative estimate of drug-likeness (QED) is 0.930. The lowest BCUT2D eigenvalue weighted by molar-refractivity contribution is -0.137. The van der Waals surface area contributed by atoms with Crippen molar-refractivity contribution in [1.29, 1.82) is 0 Å². The van der Waals surface area contributed by atoms with Crippen LogP contribution in [0.5, 0.6) is 0 Å². The summed E-state index contributed by atoms with van der Waals surface area (Å²) in [4.78, 5) is 17.8. The number of carbonyl (C=O) groups is 1. The molecule has 0 radical (unpaired) electrons. The third-order valence-corrected chi connectivity index (χ3v) is 3.83. The molecule has 20 heavy (non-hydrogen) atoms. The minimum absolute atomic E-state index is 0.0577. The molecule has 108 valence electrons. The smallest absolute Gasteiger partial charge is 0.323 e. The van der Waals surface area contributed by atoms with E-state index in [1.54, 1.807) is 4.57 Å². The van der Waals surface area contributed by atoms with Gasteiger partial charge in [0.2, 0.25) is 0 Å². The summed E-state index contributed by atoms with van der Waals surface area (Å²) >= 11 is 0. The highest BCUT2D eigenvalue weighted by atomic mass is 16.4. The van der Waals surface area contributed by atoms with E-state index in [-0.39, 0.29) is 12.6 Å². The standard InChI is InChI=1S/C15H21N3O2/c1-9-6-12-13(7-10(9)2)18(8-14(19)20)15(16-12)11(3)17(4)5/h6-7,11H,8H2,1-5H3,(H,19,20). The zero-order chi connectivity index (χ0) is 15.0. The van der Waals surface area contributed by atoms with Crippen molar-refractivity contribution in [2.24, 2.45) is 0 Å². The number of aryl methyl sites for hydroxylation is 2. The molecule has 0 saturated carbocycles. The average molecular weight is 275 g/mol. The van der Waals surface area contributed by atoms with Crippen LogP contribution in [0, 0.1) is 13.8 Å². The van der Waals surface area contributed by atoms with Crippen LogP contribution in [0.25, 0.3) is 11.0 Å². The summed E-state index contributed by atoms with van der Waals surface area (Å²) in [7, 11) is 3.93. The fraction of sp³-hybridized carbons (Fsp3) is 0.467. The second-order valence-corrected chi connectivity index (χ2v) is 5.51. The lowest BCUT2D eigenvalue weighted by Crippen LogP contribution is -2.22. The summed E-state index contributed by atoms with van der Waals surface area (Å²) in [6.45, 7) is 6.04. The molecule has 5 heteroatoms. The van der Waals surface area contributed by atoms with E-state index in [9.17, 15) is 4.79 Å². The number of hydrogen-bond acceptors (Lipinski definition) is 3. The van der Waals surface area contributed by atoms with Gasteiger partial charge in [0.25, 0.3) is 0 Å². The predicted octanol–water partition coefficient (Wildman–Crippen LogP) is 2.36. The maximum Gasteiger partial charge on any atom is 0.323 e. The number of carboxylic acids is 1. The summed E-state index contributed by atoms with van der Waals surface area (Å²) in [5.41, 5.74) is 4.06. The number of imidazole rings is 1. The number of carboxylic acid groups (broad SMARTS) is 1. The van der Waals surface area contributed by atoms with Crippen LogP contribution in [-0.4, -0.2) is 39.6 Å². The highest BCUT2D eigenvalue weighted by Crippen LogP contribution is 2.25.